The number of nitrogens with zero attached hydrogens (tertiary/aromatic N) is 1. The summed E-state index contributed by atoms with van der Waals surface area (Å²) < 4.78 is 0. The number of aliphatic carboxylic acids is 1. The van der Waals surface area contributed by atoms with E-state index in [1.165, 1.54) is 11.8 Å². The third kappa shape index (κ3) is 3.17. The molecule has 1 saturated heterocycles. The quantitative estimate of drug-likeness (QED) is 0.439. The summed E-state index contributed by atoms with van der Waals surface area (Å²) in [5, 5.41) is 13.2. The van der Waals surface area contributed by atoms with Crippen LogP contribution in [0.2, 0.25) is 0 Å². The van der Waals surface area contributed by atoms with Gasteiger partial charge in [-0.15, -0.1) is 0 Å². The molecule has 1 fully saturated rings. The van der Waals surface area contributed by atoms with Gasteiger partial charge in [0.15, 0.2) is 0 Å². The summed E-state index contributed by atoms with van der Waals surface area (Å²) in [6.45, 7) is 1.07. The van der Waals surface area contributed by atoms with Crippen molar-refractivity contribution in [2.45, 2.75) is 19.0 Å². The van der Waals surface area contributed by atoms with Crippen molar-refractivity contribution in [2.75, 3.05) is 13.1 Å². The number of imide groups is 1. The highest BCUT2D eigenvalue weighted by Crippen LogP contribution is 2.09. The second kappa shape index (κ2) is 5.45. The average molecular weight is 258 g/mol. The van der Waals surface area contributed by atoms with E-state index in [1.807, 2.05) is 5.32 Å². The highest BCUT2D eigenvalue weighted by atomic mass is 16.4. The molecule has 4 amide bonds. The minimum absolute atomic E-state index is 0.0949. The molecule has 18 heavy (non-hydrogen) atoms. The minimum atomic E-state index is -1.16. The number of hydrogen-bond acceptors (Lipinski definition) is 5. The van der Waals surface area contributed by atoms with Crippen molar-refractivity contribution in [1.82, 2.24) is 15.5 Å². The fraction of sp³-hybridized carbons (Fsp3) is 0.556. The predicted octanol–water partition coefficient (Wildman–Crippen LogP) is -2.55. The van der Waals surface area contributed by atoms with Crippen LogP contribution in [0.4, 0.5) is 4.79 Å². The molecule has 2 unspecified atom stereocenters. The topological polar surface area (TPSA) is 142 Å². The molecule has 9 heteroatoms. The predicted molar refractivity (Wildman–Crippen MR) is 58.3 cm³/mol. The fourth-order valence-corrected chi connectivity index (χ4v) is 1.67. The van der Waals surface area contributed by atoms with E-state index in [4.69, 9.17) is 10.8 Å². The van der Waals surface area contributed by atoms with Gasteiger partial charge in [-0.2, -0.15) is 0 Å². The second-order valence-electron chi connectivity index (χ2n) is 3.86. The number of urea groups is 1. The highest BCUT2D eigenvalue weighted by molar-refractivity contribution is 5.97. The van der Waals surface area contributed by atoms with Crippen LogP contribution < -0.4 is 16.4 Å². The zero-order chi connectivity index (χ0) is 13.9. The number of rotatable bonds is 3. The minimum Gasteiger partial charge on any atom is -0.480 e. The number of primary amides is 1. The Morgan fingerprint density at radius 3 is 2.67 bits per heavy atom. The van der Waals surface area contributed by atoms with E-state index in [1.54, 1.807) is 0 Å². The summed E-state index contributed by atoms with van der Waals surface area (Å²) >= 11 is 0. The number of carboxylic acids is 1. The zero-order valence-electron chi connectivity index (χ0n) is 9.67. The monoisotopic (exact) mass is 258 g/mol. The van der Waals surface area contributed by atoms with Gasteiger partial charge in [0.2, 0.25) is 11.8 Å². The van der Waals surface area contributed by atoms with Gasteiger partial charge in [-0.3, -0.25) is 24.6 Å². The molecule has 0 spiro atoms. The van der Waals surface area contributed by atoms with Crippen LogP contribution in [-0.4, -0.2) is 59.0 Å². The fourth-order valence-electron chi connectivity index (χ4n) is 1.67. The van der Waals surface area contributed by atoms with Crippen LogP contribution >= 0.6 is 0 Å². The van der Waals surface area contributed by atoms with E-state index in [2.05, 4.69) is 5.32 Å². The van der Waals surface area contributed by atoms with Gasteiger partial charge in [0.1, 0.15) is 6.04 Å². The molecular weight excluding hydrogens is 244 g/mol. The number of amides is 4. The summed E-state index contributed by atoms with van der Waals surface area (Å²) in [6, 6.07) is -3.00. The average Bonchev–Trinajstić information content (AvgIpc) is 2.26. The number of piperazine rings is 1. The second-order valence-corrected chi connectivity index (χ2v) is 3.86. The normalized spacial score (nSPS) is 21.8. The van der Waals surface area contributed by atoms with E-state index >= 15 is 0 Å². The molecule has 0 bridgehead atoms. The van der Waals surface area contributed by atoms with E-state index in [-0.39, 0.29) is 19.0 Å². The van der Waals surface area contributed by atoms with E-state index in [9.17, 15) is 19.2 Å². The van der Waals surface area contributed by atoms with Gasteiger partial charge < -0.3 is 16.2 Å². The van der Waals surface area contributed by atoms with E-state index in [0.717, 1.165) is 0 Å². The lowest BCUT2D eigenvalue weighted by atomic mass is 10.1. The summed E-state index contributed by atoms with van der Waals surface area (Å²) in [5.41, 5.74) is 4.80. The molecule has 5 N–H and O–H groups in total. The van der Waals surface area contributed by atoms with Crippen molar-refractivity contribution < 1.29 is 24.3 Å². The van der Waals surface area contributed by atoms with Gasteiger partial charge in [-0.05, 0) is 6.92 Å². The Hall–Kier alpha value is -2.16. The van der Waals surface area contributed by atoms with Crippen LogP contribution in [0.25, 0.3) is 0 Å². The molecule has 1 aliphatic heterocycles. The number of carbonyl (C=O) groups excluding carboxylic acids is 3. The first-order chi connectivity index (χ1) is 8.32. The van der Waals surface area contributed by atoms with Crippen LogP contribution in [-0.2, 0) is 14.4 Å². The molecule has 2 atom stereocenters. The molecule has 0 radical (unpaired) electrons. The lowest BCUT2D eigenvalue weighted by molar-refractivity contribution is -0.148. The Morgan fingerprint density at radius 1 is 1.56 bits per heavy atom. The molecule has 0 aromatic rings. The number of nitrogens with one attached hydrogen (secondary N) is 2. The molecule has 9 nitrogen and oxygen atoms in total. The van der Waals surface area contributed by atoms with Crippen molar-refractivity contribution in [3.63, 3.8) is 0 Å². The maximum Gasteiger partial charge on any atom is 0.322 e. The van der Waals surface area contributed by atoms with Crippen LogP contribution in [0, 0.1) is 0 Å². The molecule has 0 aromatic carbocycles. The van der Waals surface area contributed by atoms with Crippen molar-refractivity contribution >= 4 is 23.8 Å². The standard InChI is InChI=1S/C9H14N4O5/c1-4(7(15)12-9(10)18)13-3-6(14)11-2-5(13)8(16)17/h4-5H,2-3H2,1H3,(H,11,14)(H,16,17)(H3,10,12,15,18). The molecule has 0 aliphatic carbocycles. The molecular formula is C9H14N4O5. The van der Waals surface area contributed by atoms with Crippen LogP contribution in [0.1, 0.15) is 6.92 Å². The first-order valence-corrected chi connectivity index (χ1v) is 5.18. The Kier molecular flexibility index (Phi) is 4.21. The molecule has 1 heterocycles. The number of hydrogen-bond donors (Lipinski definition) is 4. The van der Waals surface area contributed by atoms with Crippen molar-refractivity contribution in [2.24, 2.45) is 5.73 Å². The number of carbonyl (C=O) groups is 4. The summed E-state index contributed by atoms with van der Waals surface area (Å²) in [5.74, 6) is -2.29. The molecule has 1 rings (SSSR count). The Bertz CT molecular complexity index is 396. The van der Waals surface area contributed by atoms with Crippen molar-refractivity contribution in [3.8, 4) is 0 Å². The van der Waals surface area contributed by atoms with Crippen molar-refractivity contribution in [1.29, 1.82) is 0 Å². The Morgan fingerprint density at radius 2 is 2.17 bits per heavy atom. The first-order valence-electron chi connectivity index (χ1n) is 5.18. The van der Waals surface area contributed by atoms with Gasteiger partial charge in [0, 0.05) is 6.54 Å². The van der Waals surface area contributed by atoms with E-state index in [0.29, 0.717) is 0 Å². The SMILES string of the molecule is CC(C(=O)NC(N)=O)N1CC(=O)NCC1C(=O)O. The molecule has 0 aromatic heterocycles. The van der Waals surface area contributed by atoms with Gasteiger partial charge in [0.05, 0.1) is 12.6 Å². The van der Waals surface area contributed by atoms with Gasteiger partial charge in [-0.25, -0.2) is 4.79 Å². The van der Waals surface area contributed by atoms with Crippen LogP contribution in [0.15, 0.2) is 0 Å². The maximum atomic E-state index is 11.5. The molecule has 1 aliphatic rings. The van der Waals surface area contributed by atoms with Gasteiger partial charge in [-0.1, -0.05) is 0 Å². The third-order valence-electron chi connectivity index (χ3n) is 2.63. The van der Waals surface area contributed by atoms with E-state index < -0.39 is 30.0 Å². The number of carboxylic acid groups (broad SMARTS) is 1. The van der Waals surface area contributed by atoms with Crippen LogP contribution in [0.5, 0.6) is 0 Å². The van der Waals surface area contributed by atoms with Crippen LogP contribution in [0.3, 0.4) is 0 Å². The number of nitrogens with two attached hydrogens (primary N) is 1. The molecule has 100 valence electrons. The third-order valence-corrected chi connectivity index (χ3v) is 2.63. The zero-order valence-corrected chi connectivity index (χ0v) is 9.67. The lowest BCUT2D eigenvalue weighted by Gasteiger charge is -2.35. The van der Waals surface area contributed by atoms with Crippen molar-refractivity contribution in [3.05, 3.63) is 0 Å². The Balaban J connectivity index is 2.81. The Labute approximate surface area is 102 Å². The first kappa shape index (κ1) is 13.9. The maximum absolute atomic E-state index is 11.5. The summed E-state index contributed by atoms with van der Waals surface area (Å²) in [7, 11) is 0. The molecule has 0 saturated carbocycles. The summed E-state index contributed by atoms with van der Waals surface area (Å²) in [6.07, 6.45) is 0. The highest BCUT2D eigenvalue weighted by Gasteiger charge is 2.37. The lowest BCUT2D eigenvalue weighted by Crippen LogP contribution is -2.63. The van der Waals surface area contributed by atoms with Gasteiger partial charge >= 0.3 is 12.0 Å². The summed E-state index contributed by atoms with van der Waals surface area (Å²) in [4.78, 5) is 45.5. The smallest absolute Gasteiger partial charge is 0.322 e. The largest absolute Gasteiger partial charge is 0.480 e. The van der Waals surface area contributed by atoms with Gasteiger partial charge in [0.25, 0.3) is 0 Å².